The van der Waals surface area contributed by atoms with Crippen molar-refractivity contribution in [1.29, 1.82) is 0 Å². The highest BCUT2D eigenvalue weighted by atomic mass is 35.5. The van der Waals surface area contributed by atoms with Crippen molar-refractivity contribution in [3.05, 3.63) is 33.7 Å². The van der Waals surface area contributed by atoms with Gasteiger partial charge in [-0.2, -0.15) is 0 Å². The Hall–Kier alpha value is -3.15. The third kappa shape index (κ3) is 4.45. The fraction of sp³-hybridized carbons (Fsp3) is 0.520. The average Bonchev–Trinajstić information content (AvgIpc) is 3.18. The summed E-state index contributed by atoms with van der Waals surface area (Å²) in [5, 5.41) is 9.30. The van der Waals surface area contributed by atoms with Crippen LogP contribution >= 0.6 is 11.6 Å². The van der Waals surface area contributed by atoms with Crippen LogP contribution in [0.5, 0.6) is 11.5 Å². The van der Waals surface area contributed by atoms with Crippen LogP contribution in [0, 0.1) is 5.92 Å². The van der Waals surface area contributed by atoms with E-state index in [-0.39, 0.29) is 51.4 Å². The summed E-state index contributed by atoms with van der Waals surface area (Å²) >= 11 is 6.35. The van der Waals surface area contributed by atoms with Crippen molar-refractivity contribution < 1.29 is 43.2 Å². The lowest BCUT2D eigenvalue weighted by molar-refractivity contribution is -0.171. The first-order chi connectivity index (χ1) is 17.6. The Bertz CT molecular complexity index is 1210. The van der Waals surface area contributed by atoms with E-state index >= 15 is 0 Å². The first-order valence-electron chi connectivity index (χ1n) is 11.9. The maximum absolute atomic E-state index is 13.9. The number of ketones is 2. The predicted octanol–water partition coefficient (Wildman–Crippen LogP) is 3.12. The van der Waals surface area contributed by atoms with E-state index in [1.54, 1.807) is 13.8 Å². The highest BCUT2D eigenvalue weighted by Gasteiger charge is 2.62. The van der Waals surface area contributed by atoms with Crippen LogP contribution in [0.25, 0.3) is 0 Å². The molecule has 1 saturated heterocycles. The first-order valence-corrected chi connectivity index (χ1v) is 12.2. The molecule has 2 unspecified atom stereocenters. The molecule has 37 heavy (non-hydrogen) atoms. The zero-order valence-corrected chi connectivity index (χ0v) is 21.7. The second-order valence-corrected chi connectivity index (χ2v) is 9.52. The van der Waals surface area contributed by atoms with Crippen molar-refractivity contribution >= 4 is 35.0 Å². The monoisotopic (exact) mass is 536 g/mol. The number of hydrogen-bond acceptors (Lipinski definition) is 9. The Morgan fingerprint density at radius 2 is 2.03 bits per heavy atom. The van der Waals surface area contributed by atoms with E-state index in [0.29, 0.717) is 13.0 Å². The molecule has 1 spiro atoms. The summed E-state index contributed by atoms with van der Waals surface area (Å²) < 4.78 is 28.5. The Kier molecular flexibility index (Phi) is 7.50. The topological polar surface area (TPSA) is 156 Å². The Labute approximate surface area is 218 Å². The van der Waals surface area contributed by atoms with Gasteiger partial charge in [0.1, 0.15) is 23.3 Å². The van der Waals surface area contributed by atoms with Crippen LogP contribution in [-0.2, 0) is 19.0 Å². The van der Waals surface area contributed by atoms with Gasteiger partial charge in [-0.3, -0.25) is 9.59 Å². The number of ether oxygens (including phenoxy) is 5. The number of nitrogens with two attached hydrogens (primary N) is 1. The van der Waals surface area contributed by atoms with Crippen LogP contribution in [0.2, 0.25) is 5.02 Å². The van der Waals surface area contributed by atoms with E-state index in [4.69, 9.17) is 41.0 Å². The number of Topliss-reactive ketones (excluding diaryl/α,β-unsaturated/α-hetero) is 2. The maximum Gasteiger partial charge on any atom is 0.337 e. The molecule has 3 aliphatic rings. The molecule has 1 fully saturated rings. The molecule has 4 rings (SSSR count). The van der Waals surface area contributed by atoms with Gasteiger partial charge in [0.2, 0.25) is 11.4 Å². The summed E-state index contributed by atoms with van der Waals surface area (Å²) in [5.74, 6) is -3.41. The number of fused-ring (bicyclic) bond motifs is 1. The highest BCUT2D eigenvalue weighted by Crippen LogP contribution is 2.54. The molecule has 0 amide bonds. The molecule has 200 valence electrons. The number of aliphatic imine (C=N–C) groups is 1. The fourth-order valence-electron chi connectivity index (χ4n) is 4.85. The molecule has 1 aromatic rings. The molecule has 12 heteroatoms. The lowest BCUT2D eigenvalue weighted by Crippen LogP contribution is -2.53. The summed E-state index contributed by atoms with van der Waals surface area (Å²) in [4.78, 5) is 43.1. The third-order valence-corrected chi connectivity index (χ3v) is 7.20. The van der Waals surface area contributed by atoms with E-state index < -0.39 is 41.4 Å². The number of carboxylic acid groups (broad SMARTS) is 1. The number of halogens is 1. The van der Waals surface area contributed by atoms with Gasteiger partial charge in [0.15, 0.2) is 29.3 Å². The van der Waals surface area contributed by atoms with Gasteiger partial charge in [-0.1, -0.05) is 18.5 Å². The number of aromatic carboxylic acids is 1. The van der Waals surface area contributed by atoms with Crippen molar-refractivity contribution in [3.63, 3.8) is 0 Å². The molecule has 2 heterocycles. The normalized spacial score (nSPS) is 26.7. The zero-order valence-electron chi connectivity index (χ0n) is 21.0. The number of carbonyl (C=O) groups excluding carboxylic acids is 2. The summed E-state index contributed by atoms with van der Waals surface area (Å²) in [5.41, 5.74) is 3.83. The average molecular weight is 537 g/mol. The van der Waals surface area contributed by atoms with Gasteiger partial charge in [0.05, 0.1) is 24.8 Å². The minimum atomic E-state index is -1.84. The quantitative estimate of drug-likeness (QED) is 0.392. The largest absolute Gasteiger partial charge is 0.496 e. The SMILES string of the molecule is COC1=C(N=C(N)C(C)OC2CCCCO2)C(=O)C[C@@H](C)[C@]12Oc1c(Cl)c(C(=O)O)cc(OC)c1C2=O. The van der Waals surface area contributed by atoms with Gasteiger partial charge in [-0.25, -0.2) is 9.79 Å². The molecule has 2 aliphatic heterocycles. The van der Waals surface area contributed by atoms with Crippen LogP contribution in [-0.4, -0.2) is 67.3 Å². The van der Waals surface area contributed by atoms with Crippen molar-refractivity contribution in [2.24, 2.45) is 16.6 Å². The summed E-state index contributed by atoms with van der Waals surface area (Å²) in [6.45, 7) is 3.91. The molecular weight excluding hydrogens is 508 g/mol. The minimum Gasteiger partial charge on any atom is -0.496 e. The van der Waals surface area contributed by atoms with E-state index in [1.807, 2.05) is 0 Å². The molecule has 0 saturated carbocycles. The van der Waals surface area contributed by atoms with Gasteiger partial charge in [-0.15, -0.1) is 0 Å². The molecule has 0 radical (unpaired) electrons. The minimum absolute atomic E-state index is 0.0106. The van der Waals surface area contributed by atoms with Crippen molar-refractivity contribution in [3.8, 4) is 11.5 Å². The molecule has 4 atom stereocenters. The highest BCUT2D eigenvalue weighted by molar-refractivity contribution is 6.36. The van der Waals surface area contributed by atoms with Crippen molar-refractivity contribution in [2.45, 2.75) is 57.5 Å². The molecule has 0 aromatic heterocycles. The third-order valence-electron chi connectivity index (χ3n) is 6.82. The number of carbonyl (C=O) groups is 3. The molecular formula is C25H29ClN2O9. The van der Waals surface area contributed by atoms with Crippen LogP contribution in [0.3, 0.4) is 0 Å². The number of hydrogen-bond donors (Lipinski definition) is 2. The van der Waals surface area contributed by atoms with Gasteiger partial charge < -0.3 is 34.5 Å². The van der Waals surface area contributed by atoms with Crippen LogP contribution in [0.1, 0.15) is 60.2 Å². The number of allylic oxidation sites excluding steroid dienone is 1. The van der Waals surface area contributed by atoms with Crippen LogP contribution in [0.15, 0.2) is 22.5 Å². The first kappa shape index (κ1) is 26.9. The smallest absolute Gasteiger partial charge is 0.337 e. The lowest BCUT2D eigenvalue weighted by Gasteiger charge is -2.37. The molecule has 0 bridgehead atoms. The molecule has 1 aromatic carbocycles. The fourth-order valence-corrected chi connectivity index (χ4v) is 5.12. The van der Waals surface area contributed by atoms with Crippen molar-refractivity contribution in [1.82, 2.24) is 0 Å². The number of rotatable bonds is 7. The summed E-state index contributed by atoms with van der Waals surface area (Å²) in [6, 6.07) is 1.15. The molecule has 1 aliphatic carbocycles. The Morgan fingerprint density at radius 1 is 1.30 bits per heavy atom. The second kappa shape index (κ2) is 10.3. The number of carboxylic acids is 1. The summed E-state index contributed by atoms with van der Waals surface area (Å²) in [6.07, 6.45) is 1.38. The predicted molar refractivity (Wildman–Crippen MR) is 131 cm³/mol. The van der Waals surface area contributed by atoms with Gasteiger partial charge in [0.25, 0.3) is 0 Å². The number of benzene rings is 1. The second-order valence-electron chi connectivity index (χ2n) is 9.14. The van der Waals surface area contributed by atoms with E-state index in [9.17, 15) is 19.5 Å². The van der Waals surface area contributed by atoms with Gasteiger partial charge >= 0.3 is 5.97 Å². The Balaban J connectivity index is 1.80. The van der Waals surface area contributed by atoms with Crippen molar-refractivity contribution in [2.75, 3.05) is 20.8 Å². The number of methoxy groups -OCH3 is 2. The van der Waals surface area contributed by atoms with Gasteiger partial charge in [-0.05, 0) is 32.3 Å². The lowest BCUT2D eigenvalue weighted by atomic mass is 9.74. The van der Waals surface area contributed by atoms with E-state index in [2.05, 4.69) is 4.99 Å². The Morgan fingerprint density at radius 3 is 2.62 bits per heavy atom. The number of amidine groups is 1. The zero-order chi connectivity index (χ0) is 27.1. The van der Waals surface area contributed by atoms with E-state index in [0.717, 1.165) is 18.9 Å². The van der Waals surface area contributed by atoms with Gasteiger partial charge in [0, 0.05) is 18.9 Å². The maximum atomic E-state index is 13.9. The number of nitrogens with zero attached hydrogens (tertiary/aromatic N) is 1. The van der Waals surface area contributed by atoms with E-state index in [1.165, 1.54) is 14.2 Å². The molecule has 11 nitrogen and oxygen atoms in total. The van der Waals surface area contributed by atoms with Crippen LogP contribution < -0.4 is 15.2 Å². The standard InChI is InChI=1S/C25H29ClN2O9/c1-11-9-14(29)19(28-23(27)12(2)36-16-7-5-6-8-35-16)22(34-4)25(11)21(30)17-15(33-3)10-13(24(31)32)18(26)20(17)37-25/h10-12,16H,5-9H2,1-4H3,(H2,27,28)(H,31,32)/t11-,12?,16?,25-/m1/s1. The van der Waals surface area contributed by atoms with Crippen LogP contribution in [0.4, 0.5) is 0 Å². The molecule has 3 N–H and O–H groups in total. The summed E-state index contributed by atoms with van der Waals surface area (Å²) in [7, 11) is 2.58.